The summed E-state index contributed by atoms with van der Waals surface area (Å²) in [5.74, 6) is 2.79. The normalized spacial score (nSPS) is 16.5. The van der Waals surface area contributed by atoms with Gasteiger partial charge in [0, 0.05) is 23.6 Å². The number of ether oxygens (including phenoxy) is 5. The van der Waals surface area contributed by atoms with E-state index in [1.54, 1.807) is 27.7 Å². The molecule has 2 aliphatic heterocycles. The molecular formula is C22H21N3O6. The smallest absolute Gasteiger partial charge is 0.231 e. The van der Waals surface area contributed by atoms with Crippen LogP contribution in [-0.2, 0) is 4.79 Å². The molecule has 1 aromatic heterocycles. The minimum Gasteiger partial charge on any atom is -0.497 e. The van der Waals surface area contributed by atoms with Crippen molar-refractivity contribution in [3.63, 3.8) is 0 Å². The lowest BCUT2D eigenvalue weighted by Crippen LogP contribution is -2.25. The summed E-state index contributed by atoms with van der Waals surface area (Å²) in [4.78, 5) is 17.0. The molecule has 31 heavy (non-hydrogen) atoms. The van der Waals surface area contributed by atoms with Crippen molar-refractivity contribution in [2.24, 2.45) is 0 Å². The number of nitrogens with one attached hydrogen (secondary N) is 1. The summed E-state index contributed by atoms with van der Waals surface area (Å²) in [6, 6.07) is 9.47. The molecule has 160 valence electrons. The van der Waals surface area contributed by atoms with Gasteiger partial charge in [-0.15, -0.1) is 0 Å². The fourth-order valence-corrected chi connectivity index (χ4v) is 4.11. The first-order chi connectivity index (χ1) is 15.1. The standard InChI is InChI=1S/C22H21N3O6/c1-27-13-6-4-12(5-7-13)25-10-23-22-18(25)14(9-17(26)24-22)15-8-16(28-2)20-21(19(15)29-3)31-11-30-20/h4-8,10,14H,9,11H2,1-3H3,(H,24,26). The van der Waals surface area contributed by atoms with Crippen molar-refractivity contribution in [3.8, 4) is 34.4 Å². The summed E-state index contributed by atoms with van der Waals surface area (Å²) in [6.07, 6.45) is 1.91. The van der Waals surface area contributed by atoms with Crippen LogP contribution in [0.15, 0.2) is 36.7 Å². The number of carbonyl (C=O) groups excluding carboxylic acids is 1. The van der Waals surface area contributed by atoms with E-state index in [1.165, 1.54) is 0 Å². The molecule has 1 N–H and O–H groups in total. The van der Waals surface area contributed by atoms with Gasteiger partial charge >= 0.3 is 0 Å². The lowest BCUT2D eigenvalue weighted by Gasteiger charge is -2.26. The van der Waals surface area contributed by atoms with Crippen molar-refractivity contribution in [2.45, 2.75) is 12.3 Å². The third-order valence-corrected chi connectivity index (χ3v) is 5.52. The van der Waals surface area contributed by atoms with Crippen LogP contribution >= 0.6 is 0 Å². The highest BCUT2D eigenvalue weighted by atomic mass is 16.7. The predicted octanol–water partition coefficient (Wildman–Crippen LogP) is 3.10. The Morgan fingerprint density at radius 2 is 1.84 bits per heavy atom. The molecule has 0 spiro atoms. The fraction of sp³-hybridized carbons (Fsp3) is 0.273. The van der Waals surface area contributed by atoms with Gasteiger partial charge in [0.05, 0.1) is 27.0 Å². The maximum atomic E-state index is 12.5. The van der Waals surface area contributed by atoms with Crippen molar-refractivity contribution in [3.05, 3.63) is 47.9 Å². The number of methoxy groups -OCH3 is 3. The number of hydrogen-bond donors (Lipinski definition) is 1. The van der Waals surface area contributed by atoms with Gasteiger partial charge in [0.25, 0.3) is 0 Å². The highest BCUT2D eigenvalue weighted by Gasteiger charge is 2.37. The van der Waals surface area contributed by atoms with E-state index >= 15 is 0 Å². The molecule has 5 rings (SSSR count). The number of aromatic nitrogens is 2. The Labute approximate surface area is 178 Å². The Morgan fingerprint density at radius 3 is 2.55 bits per heavy atom. The molecule has 2 aliphatic rings. The topological polar surface area (TPSA) is 93.1 Å². The van der Waals surface area contributed by atoms with Crippen molar-refractivity contribution >= 4 is 11.7 Å². The molecule has 2 aromatic carbocycles. The molecule has 0 saturated heterocycles. The largest absolute Gasteiger partial charge is 0.497 e. The monoisotopic (exact) mass is 423 g/mol. The lowest BCUT2D eigenvalue weighted by molar-refractivity contribution is -0.116. The first-order valence-electron chi connectivity index (χ1n) is 9.70. The Balaban J connectivity index is 1.69. The number of imidazole rings is 1. The number of amides is 1. The summed E-state index contributed by atoms with van der Waals surface area (Å²) >= 11 is 0. The average molecular weight is 423 g/mol. The Kier molecular flexibility index (Phi) is 4.58. The molecule has 0 radical (unpaired) electrons. The van der Waals surface area contributed by atoms with Gasteiger partial charge in [-0.1, -0.05) is 0 Å². The van der Waals surface area contributed by atoms with Crippen LogP contribution in [0.3, 0.4) is 0 Å². The van der Waals surface area contributed by atoms with E-state index in [2.05, 4.69) is 10.3 Å². The molecule has 9 heteroatoms. The summed E-state index contributed by atoms with van der Waals surface area (Å²) in [5, 5.41) is 2.87. The number of fused-ring (bicyclic) bond motifs is 2. The fourth-order valence-electron chi connectivity index (χ4n) is 4.11. The van der Waals surface area contributed by atoms with Gasteiger partial charge in [-0.25, -0.2) is 4.98 Å². The number of nitrogens with zero attached hydrogens (tertiary/aromatic N) is 2. The van der Waals surface area contributed by atoms with Crippen molar-refractivity contribution in [1.82, 2.24) is 9.55 Å². The second-order valence-corrected chi connectivity index (χ2v) is 7.12. The van der Waals surface area contributed by atoms with E-state index in [1.807, 2.05) is 34.9 Å². The van der Waals surface area contributed by atoms with Gasteiger partial charge in [-0.3, -0.25) is 4.79 Å². The molecule has 1 atom stereocenters. The molecule has 9 nitrogen and oxygen atoms in total. The van der Waals surface area contributed by atoms with Crippen LogP contribution < -0.4 is 29.0 Å². The zero-order valence-electron chi connectivity index (χ0n) is 17.3. The molecule has 0 fully saturated rings. The lowest BCUT2D eigenvalue weighted by atomic mass is 9.88. The third kappa shape index (κ3) is 3.00. The van der Waals surface area contributed by atoms with E-state index in [9.17, 15) is 4.79 Å². The van der Waals surface area contributed by atoms with Crippen LogP contribution in [0.1, 0.15) is 23.6 Å². The van der Waals surface area contributed by atoms with E-state index in [-0.39, 0.29) is 25.0 Å². The molecule has 0 aliphatic carbocycles. The second kappa shape index (κ2) is 7.42. The van der Waals surface area contributed by atoms with Crippen molar-refractivity contribution in [1.29, 1.82) is 0 Å². The molecule has 3 heterocycles. The van der Waals surface area contributed by atoms with Gasteiger partial charge in [0.1, 0.15) is 12.1 Å². The number of benzene rings is 2. The Bertz CT molecular complexity index is 1160. The number of anilines is 1. The Morgan fingerprint density at radius 1 is 1.06 bits per heavy atom. The molecule has 3 aromatic rings. The summed E-state index contributed by atoms with van der Waals surface area (Å²) in [5.41, 5.74) is 2.49. The third-order valence-electron chi connectivity index (χ3n) is 5.52. The SMILES string of the molecule is COc1ccc(-n2cnc3c2C(c2cc(OC)c4c(c2OC)OCO4)CC(=O)N3)cc1. The van der Waals surface area contributed by atoms with Crippen LogP contribution in [0.2, 0.25) is 0 Å². The van der Waals surface area contributed by atoms with Crippen molar-refractivity contribution in [2.75, 3.05) is 33.4 Å². The minimum absolute atomic E-state index is 0.0751. The van der Waals surface area contributed by atoms with E-state index in [0.29, 0.717) is 28.8 Å². The van der Waals surface area contributed by atoms with Gasteiger partial charge in [-0.2, -0.15) is 0 Å². The van der Waals surface area contributed by atoms with E-state index in [0.717, 1.165) is 22.7 Å². The zero-order valence-corrected chi connectivity index (χ0v) is 17.3. The predicted molar refractivity (Wildman–Crippen MR) is 111 cm³/mol. The van der Waals surface area contributed by atoms with Gasteiger partial charge < -0.3 is 33.6 Å². The van der Waals surface area contributed by atoms with Crippen LogP contribution in [0.4, 0.5) is 5.82 Å². The molecular weight excluding hydrogens is 402 g/mol. The maximum absolute atomic E-state index is 12.5. The van der Waals surface area contributed by atoms with Crippen LogP contribution in [0.5, 0.6) is 28.7 Å². The quantitative estimate of drug-likeness (QED) is 0.674. The first-order valence-corrected chi connectivity index (χ1v) is 9.70. The average Bonchev–Trinajstić information content (AvgIpc) is 3.45. The Hall–Kier alpha value is -3.88. The second-order valence-electron chi connectivity index (χ2n) is 7.12. The van der Waals surface area contributed by atoms with Gasteiger partial charge in [0.2, 0.25) is 24.2 Å². The number of rotatable bonds is 5. The van der Waals surface area contributed by atoms with E-state index < -0.39 is 0 Å². The zero-order chi connectivity index (χ0) is 21.5. The highest BCUT2D eigenvalue weighted by molar-refractivity contribution is 5.94. The molecule has 0 bridgehead atoms. The van der Waals surface area contributed by atoms with E-state index in [4.69, 9.17) is 23.7 Å². The summed E-state index contributed by atoms with van der Waals surface area (Å²) in [7, 11) is 4.75. The minimum atomic E-state index is -0.341. The number of hydrogen-bond acceptors (Lipinski definition) is 7. The highest BCUT2D eigenvalue weighted by Crippen LogP contribution is 2.53. The maximum Gasteiger partial charge on any atom is 0.231 e. The van der Waals surface area contributed by atoms with Gasteiger partial charge in [0.15, 0.2) is 17.3 Å². The molecule has 1 unspecified atom stereocenters. The first kappa shape index (κ1) is 19.1. The van der Waals surface area contributed by atoms with Crippen LogP contribution in [0, 0.1) is 0 Å². The van der Waals surface area contributed by atoms with Crippen molar-refractivity contribution < 1.29 is 28.5 Å². The number of carbonyl (C=O) groups is 1. The molecule has 1 amide bonds. The van der Waals surface area contributed by atoms with Gasteiger partial charge in [-0.05, 0) is 30.3 Å². The van der Waals surface area contributed by atoms with Crippen LogP contribution in [0.25, 0.3) is 5.69 Å². The summed E-state index contributed by atoms with van der Waals surface area (Å²) < 4.78 is 29.7. The van der Waals surface area contributed by atoms with Crippen LogP contribution in [-0.4, -0.2) is 43.6 Å². The summed E-state index contributed by atoms with van der Waals surface area (Å²) in [6.45, 7) is 0.0751. The molecule has 0 saturated carbocycles.